The highest BCUT2D eigenvalue weighted by Gasteiger charge is 2.19. The van der Waals surface area contributed by atoms with Crippen LogP contribution in [0.15, 0.2) is 200 Å². The van der Waals surface area contributed by atoms with Gasteiger partial charge >= 0.3 is 0 Å². The van der Waals surface area contributed by atoms with Crippen LogP contribution in [0, 0.1) is 0 Å². The average Bonchev–Trinajstić information content (AvgIpc) is 3.61. The molecule has 9 aromatic carbocycles. The van der Waals surface area contributed by atoms with Gasteiger partial charge in [0, 0.05) is 26.8 Å². The summed E-state index contributed by atoms with van der Waals surface area (Å²) in [5.74, 6) is 0. The van der Waals surface area contributed by atoms with Gasteiger partial charge in [-0.15, -0.1) is 11.3 Å². The van der Waals surface area contributed by atoms with Crippen LogP contribution in [0.5, 0.6) is 0 Å². The zero-order valence-electron chi connectivity index (χ0n) is 28.4. The molecule has 52 heavy (non-hydrogen) atoms. The summed E-state index contributed by atoms with van der Waals surface area (Å²) in [6, 6.07) is 72.9. The normalized spacial score (nSPS) is 11.5. The molecule has 10 rings (SSSR count). The molecular weight excluding hydrogens is 647 g/mol. The Morgan fingerprint density at radius 3 is 1.75 bits per heavy atom. The lowest BCUT2D eigenvalue weighted by molar-refractivity contribution is 1.30. The van der Waals surface area contributed by atoms with Crippen molar-refractivity contribution in [1.29, 1.82) is 0 Å². The molecule has 0 saturated carbocycles. The number of benzene rings is 9. The van der Waals surface area contributed by atoms with Crippen molar-refractivity contribution in [2.24, 2.45) is 0 Å². The van der Waals surface area contributed by atoms with Gasteiger partial charge in [-0.05, 0) is 97.4 Å². The second-order valence-electron chi connectivity index (χ2n) is 13.3. The van der Waals surface area contributed by atoms with Crippen LogP contribution in [-0.4, -0.2) is 0 Å². The predicted molar refractivity (Wildman–Crippen MR) is 225 cm³/mol. The Kier molecular flexibility index (Phi) is 7.41. The highest BCUT2D eigenvalue weighted by atomic mass is 32.1. The van der Waals surface area contributed by atoms with Gasteiger partial charge in [-0.3, -0.25) is 0 Å². The van der Waals surface area contributed by atoms with Crippen LogP contribution >= 0.6 is 11.3 Å². The van der Waals surface area contributed by atoms with Crippen molar-refractivity contribution in [3.63, 3.8) is 0 Å². The van der Waals surface area contributed by atoms with E-state index in [0.717, 1.165) is 11.4 Å². The zero-order valence-corrected chi connectivity index (χ0v) is 29.2. The third kappa shape index (κ3) is 5.24. The highest BCUT2D eigenvalue weighted by Crippen LogP contribution is 2.46. The molecular formula is C50H33NS. The van der Waals surface area contributed by atoms with E-state index in [2.05, 4.69) is 205 Å². The van der Waals surface area contributed by atoms with Crippen LogP contribution in [0.25, 0.3) is 75.1 Å². The molecule has 10 aromatic rings. The first-order chi connectivity index (χ1) is 25.8. The maximum absolute atomic E-state index is 2.43. The van der Waals surface area contributed by atoms with Crippen LogP contribution in [0.2, 0.25) is 0 Å². The van der Waals surface area contributed by atoms with Gasteiger partial charge in [-0.25, -0.2) is 0 Å². The summed E-state index contributed by atoms with van der Waals surface area (Å²) in [4.78, 5) is 2.43. The van der Waals surface area contributed by atoms with Gasteiger partial charge in [0.1, 0.15) is 0 Å². The molecule has 0 fully saturated rings. The largest absolute Gasteiger partial charge is 0.309 e. The van der Waals surface area contributed by atoms with Crippen molar-refractivity contribution < 1.29 is 0 Å². The molecule has 1 nitrogen and oxygen atoms in total. The van der Waals surface area contributed by atoms with Crippen LogP contribution < -0.4 is 4.90 Å². The van der Waals surface area contributed by atoms with E-state index >= 15 is 0 Å². The van der Waals surface area contributed by atoms with Crippen molar-refractivity contribution in [1.82, 2.24) is 0 Å². The highest BCUT2D eigenvalue weighted by molar-refractivity contribution is 7.26. The molecule has 0 spiro atoms. The number of thiophene rings is 1. The number of fused-ring (bicyclic) bond motifs is 5. The lowest BCUT2D eigenvalue weighted by Crippen LogP contribution is -2.10. The lowest BCUT2D eigenvalue weighted by atomic mass is 9.95. The number of hydrogen-bond donors (Lipinski definition) is 0. The topological polar surface area (TPSA) is 3.24 Å². The summed E-state index contributed by atoms with van der Waals surface area (Å²) in [5.41, 5.74) is 10.8. The molecule has 0 bridgehead atoms. The Morgan fingerprint density at radius 2 is 0.904 bits per heavy atom. The minimum absolute atomic E-state index is 1.12. The molecule has 0 amide bonds. The van der Waals surface area contributed by atoms with Crippen LogP contribution in [0.1, 0.15) is 0 Å². The molecule has 0 atom stereocenters. The van der Waals surface area contributed by atoms with E-state index in [1.54, 1.807) is 0 Å². The molecule has 244 valence electrons. The van der Waals surface area contributed by atoms with E-state index in [-0.39, 0.29) is 0 Å². The molecule has 1 heterocycles. The minimum Gasteiger partial charge on any atom is -0.309 e. The molecule has 0 N–H and O–H groups in total. The van der Waals surface area contributed by atoms with Crippen LogP contribution in [0.3, 0.4) is 0 Å². The standard InChI is InChI=1S/C50H33NS/c1-2-12-34(13-3-1)43-22-10-17-39-32-38(28-31-45(39)43)37-16-8-18-41(33-37)51(48-24-11-23-47-46-20-6-7-25-49(46)52-50(47)48)40-29-26-36(27-30-40)44-21-9-15-35-14-4-5-19-42(35)44/h1-33H. The van der Waals surface area contributed by atoms with Crippen LogP contribution in [-0.2, 0) is 0 Å². The SMILES string of the molecule is c1ccc(-c2cccc3cc(-c4cccc(N(c5ccc(-c6cccc7ccccc67)cc5)c5cccc6c5sc5ccccc56)c4)ccc23)cc1. The second kappa shape index (κ2) is 12.7. The van der Waals surface area contributed by atoms with E-state index < -0.39 is 0 Å². The van der Waals surface area contributed by atoms with E-state index in [9.17, 15) is 0 Å². The van der Waals surface area contributed by atoms with Gasteiger partial charge in [-0.2, -0.15) is 0 Å². The summed E-state index contributed by atoms with van der Waals surface area (Å²) < 4.78 is 2.59. The molecule has 0 saturated heterocycles. The summed E-state index contributed by atoms with van der Waals surface area (Å²) in [7, 11) is 0. The number of rotatable bonds is 6. The van der Waals surface area contributed by atoms with Crippen molar-refractivity contribution in [2.75, 3.05) is 4.90 Å². The summed E-state index contributed by atoms with van der Waals surface area (Å²) in [6.45, 7) is 0. The van der Waals surface area contributed by atoms with Gasteiger partial charge in [0.15, 0.2) is 0 Å². The van der Waals surface area contributed by atoms with Gasteiger partial charge < -0.3 is 4.90 Å². The van der Waals surface area contributed by atoms with Crippen molar-refractivity contribution in [2.45, 2.75) is 0 Å². The number of anilines is 3. The molecule has 0 aliphatic carbocycles. The third-order valence-corrected chi connectivity index (χ3v) is 11.5. The third-order valence-electron chi connectivity index (χ3n) is 10.3. The maximum Gasteiger partial charge on any atom is 0.0640 e. The van der Waals surface area contributed by atoms with Crippen LogP contribution in [0.4, 0.5) is 17.1 Å². The van der Waals surface area contributed by atoms with Gasteiger partial charge in [-0.1, -0.05) is 158 Å². The first-order valence-electron chi connectivity index (χ1n) is 17.8. The van der Waals surface area contributed by atoms with Gasteiger partial charge in [0.05, 0.1) is 10.4 Å². The Bertz CT molecular complexity index is 2900. The molecule has 0 aliphatic heterocycles. The van der Waals surface area contributed by atoms with E-state index in [1.165, 1.54) is 80.8 Å². The van der Waals surface area contributed by atoms with Gasteiger partial charge in [0.25, 0.3) is 0 Å². The Balaban J connectivity index is 1.12. The predicted octanol–water partition coefficient (Wildman–Crippen LogP) is 14.8. The zero-order chi connectivity index (χ0) is 34.4. The number of hydrogen-bond acceptors (Lipinski definition) is 2. The first-order valence-corrected chi connectivity index (χ1v) is 18.6. The molecule has 1 aromatic heterocycles. The summed E-state index contributed by atoms with van der Waals surface area (Å²) >= 11 is 1.87. The monoisotopic (exact) mass is 679 g/mol. The van der Waals surface area contributed by atoms with E-state index in [1.807, 2.05) is 11.3 Å². The number of nitrogens with zero attached hydrogens (tertiary/aromatic N) is 1. The molecule has 0 aliphatic rings. The fraction of sp³-hybridized carbons (Fsp3) is 0. The van der Waals surface area contributed by atoms with E-state index in [4.69, 9.17) is 0 Å². The minimum atomic E-state index is 1.12. The quantitative estimate of drug-likeness (QED) is 0.169. The molecule has 0 radical (unpaired) electrons. The summed E-state index contributed by atoms with van der Waals surface area (Å²) in [5, 5.41) is 7.61. The Labute approximate surface area is 307 Å². The maximum atomic E-state index is 2.43. The smallest absolute Gasteiger partial charge is 0.0640 e. The van der Waals surface area contributed by atoms with Gasteiger partial charge in [0.2, 0.25) is 0 Å². The van der Waals surface area contributed by atoms with E-state index in [0.29, 0.717) is 0 Å². The lowest BCUT2D eigenvalue weighted by Gasteiger charge is -2.27. The van der Waals surface area contributed by atoms with Crippen molar-refractivity contribution >= 4 is 70.1 Å². The van der Waals surface area contributed by atoms with Crippen molar-refractivity contribution in [3.8, 4) is 33.4 Å². The second-order valence-corrected chi connectivity index (χ2v) is 14.4. The first kappa shape index (κ1) is 30.4. The summed E-state index contributed by atoms with van der Waals surface area (Å²) in [6.07, 6.45) is 0. The molecule has 2 heteroatoms. The van der Waals surface area contributed by atoms with Crippen molar-refractivity contribution in [3.05, 3.63) is 200 Å². The average molecular weight is 680 g/mol. The fourth-order valence-electron chi connectivity index (χ4n) is 7.76. The fourth-order valence-corrected chi connectivity index (χ4v) is 8.97. The Hall–Kier alpha value is -6.48. The molecule has 0 unspecified atom stereocenters. The Morgan fingerprint density at radius 1 is 0.327 bits per heavy atom.